The zero-order valence-corrected chi connectivity index (χ0v) is 16.4. The fourth-order valence-electron chi connectivity index (χ4n) is 3.75. The average molecular weight is 357 g/mol. The summed E-state index contributed by atoms with van der Waals surface area (Å²) in [5, 5.41) is 3.13. The van der Waals surface area contributed by atoms with Gasteiger partial charge in [-0.15, -0.1) is 0 Å². The molecule has 0 spiro atoms. The molecule has 1 aromatic carbocycles. The first-order valence-corrected chi connectivity index (χ1v) is 10.1. The van der Waals surface area contributed by atoms with Gasteiger partial charge in [0.15, 0.2) is 0 Å². The van der Waals surface area contributed by atoms with Gasteiger partial charge < -0.3 is 14.8 Å². The average Bonchev–Trinajstić information content (AvgIpc) is 3.01. The lowest BCUT2D eigenvalue weighted by Gasteiger charge is -2.33. The van der Waals surface area contributed by atoms with Crippen molar-refractivity contribution in [3.63, 3.8) is 0 Å². The van der Waals surface area contributed by atoms with Crippen LogP contribution in [0.15, 0.2) is 24.3 Å². The van der Waals surface area contributed by atoms with E-state index in [0.29, 0.717) is 5.92 Å². The van der Waals surface area contributed by atoms with Crippen molar-refractivity contribution in [2.75, 3.05) is 24.5 Å². The van der Waals surface area contributed by atoms with Gasteiger partial charge in [0, 0.05) is 26.2 Å². The minimum atomic E-state index is 0.0609. The molecule has 1 aromatic heterocycles. The fourth-order valence-corrected chi connectivity index (χ4v) is 3.75. The van der Waals surface area contributed by atoms with Gasteiger partial charge in [-0.3, -0.25) is 4.79 Å². The van der Waals surface area contributed by atoms with Crippen molar-refractivity contribution < 1.29 is 4.79 Å². The molecule has 26 heavy (non-hydrogen) atoms. The number of benzene rings is 1. The number of nitrogens with one attached hydrogen (secondary N) is 1. The smallest absolute Gasteiger partial charge is 0.224 e. The number of aryl methyl sites for hydroxylation is 1. The number of fused-ring (bicyclic) bond motifs is 1. The van der Waals surface area contributed by atoms with E-state index in [1.54, 1.807) is 0 Å². The van der Waals surface area contributed by atoms with Crippen LogP contribution in [0, 0.1) is 11.8 Å². The normalized spacial score (nSPS) is 17.8. The zero-order valence-electron chi connectivity index (χ0n) is 16.4. The van der Waals surface area contributed by atoms with Crippen LogP contribution in [0.5, 0.6) is 0 Å². The molecular formula is C21H32N4O. The molecule has 3 rings (SSSR count). The monoisotopic (exact) mass is 356 g/mol. The van der Waals surface area contributed by atoms with E-state index >= 15 is 0 Å². The van der Waals surface area contributed by atoms with E-state index in [0.717, 1.165) is 63.3 Å². The molecule has 5 heteroatoms. The molecular weight excluding hydrogens is 324 g/mol. The second-order valence-corrected chi connectivity index (χ2v) is 7.81. The van der Waals surface area contributed by atoms with E-state index in [1.807, 2.05) is 6.07 Å². The number of piperidine rings is 1. The molecule has 1 aliphatic rings. The summed E-state index contributed by atoms with van der Waals surface area (Å²) in [5.74, 6) is 1.90. The number of imidazole rings is 1. The van der Waals surface area contributed by atoms with E-state index in [-0.39, 0.29) is 11.8 Å². The van der Waals surface area contributed by atoms with Crippen LogP contribution in [0.4, 0.5) is 5.95 Å². The number of aromatic nitrogens is 2. The number of para-hydroxylation sites is 2. The highest BCUT2D eigenvalue weighted by Crippen LogP contribution is 2.27. The van der Waals surface area contributed by atoms with Crippen LogP contribution in [-0.2, 0) is 11.3 Å². The van der Waals surface area contributed by atoms with E-state index in [4.69, 9.17) is 4.98 Å². The molecule has 142 valence electrons. The molecule has 1 atom stereocenters. The van der Waals surface area contributed by atoms with Crippen molar-refractivity contribution in [2.45, 2.75) is 53.0 Å². The van der Waals surface area contributed by atoms with Crippen LogP contribution >= 0.6 is 0 Å². The van der Waals surface area contributed by atoms with E-state index in [1.165, 1.54) is 5.52 Å². The lowest BCUT2D eigenvalue weighted by Crippen LogP contribution is -2.44. The highest BCUT2D eigenvalue weighted by atomic mass is 16.1. The van der Waals surface area contributed by atoms with Crippen LogP contribution in [-0.4, -0.2) is 35.1 Å². The summed E-state index contributed by atoms with van der Waals surface area (Å²) in [6.07, 6.45) is 4.12. The van der Waals surface area contributed by atoms with Crippen molar-refractivity contribution in [3.8, 4) is 0 Å². The molecule has 0 aliphatic carbocycles. The molecule has 0 bridgehead atoms. The maximum absolute atomic E-state index is 12.6. The standard InChI is InChI=1S/C21H32N4O/c1-4-13-25-19-10-6-5-9-18(19)23-21(25)24-14-7-8-17(15-24)20(26)22-12-11-16(2)3/h5-6,9-10,16-17H,4,7-8,11-15H2,1-3H3,(H,22,26)/t17-/m0/s1. The van der Waals surface area contributed by atoms with Crippen molar-refractivity contribution in [2.24, 2.45) is 11.8 Å². The number of carbonyl (C=O) groups is 1. The summed E-state index contributed by atoms with van der Waals surface area (Å²) in [5.41, 5.74) is 2.23. The second-order valence-electron chi connectivity index (χ2n) is 7.81. The number of hydrogen-bond acceptors (Lipinski definition) is 3. The Labute approximate surface area is 156 Å². The first-order valence-electron chi connectivity index (χ1n) is 10.1. The van der Waals surface area contributed by atoms with E-state index in [9.17, 15) is 4.79 Å². The SMILES string of the molecule is CCCn1c(N2CCC[C@H](C(=O)NCCC(C)C)C2)nc2ccccc21. The Morgan fingerprint density at radius 3 is 2.92 bits per heavy atom. The third kappa shape index (κ3) is 4.19. The summed E-state index contributed by atoms with van der Waals surface area (Å²) >= 11 is 0. The van der Waals surface area contributed by atoms with Crippen LogP contribution in [0.3, 0.4) is 0 Å². The topological polar surface area (TPSA) is 50.2 Å². The largest absolute Gasteiger partial charge is 0.356 e. The van der Waals surface area contributed by atoms with Crippen molar-refractivity contribution in [1.82, 2.24) is 14.9 Å². The number of anilines is 1. The molecule has 0 saturated carbocycles. The van der Waals surface area contributed by atoms with E-state index in [2.05, 4.69) is 53.8 Å². The van der Waals surface area contributed by atoms with Crippen LogP contribution in [0.25, 0.3) is 11.0 Å². The molecule has 2 heterocycles. The molecule has 0 unspecified atom stereocenters. The Balaban J connectivity index is 1.74. The Kier molecular flexibility index (Phi) is 6.17. The maximum atomic E-state index is 12.6. The Hall–Kier alpha value is -2.04. The molecule has 1 saturated heterocycles. The number of nitrogens with zero attached hydrogens (tertiary/aromatic N) is 3. The highest BCUT2D eigenvalue weighted by molar-refractivity contribution is 5.81. The van der Waals surface area contributed by atoms with Gasteiger partial charge in [0.1, 0.15) is 0 Å². The summed E-state index contributed by atoms with van der Waals surface area (Å²) in [6, 6.07) is 8.32. The molecule has 1 N–H and O–H groups in total. The van der Waals surface area contributed by atoms with Gasteiger partial charge in [-0.2, -0.15) is 0 Å². The minimum absolute atomic E-state index is 0.0609. The van der Waals surface area contributed by atoms with Gasteiger partial charge >= 0.3 is 0 Å². The number of hydrogen-bond donors (Lipinski definition) is 1. The lowest BCUT2D eigenvalue weighted by atomic mass is 9.97. The maximum Gasteiger partial charge on any atom is 0.224 e. The predicted octanol–water partition coefficient (Wildman–Crippen LogP) is 3.83. The number of rotatable bonds is 7. The predicted molar refractivity (Wildman–Crippen MR) is 107 cm³/mol. The Morgan fingerprint density at radius 2 is 2.15 bits per heavy atom. The quantitative estimate of drug-likeness (QED) is 0.820. The Morgan fingerprint density at radius 1 is 1.35 bits per heavy atom. The van der Waals surface area contributed by atoms with Crippen molar-refractivity contribution >= 4 is 22.9 Å². The summed E-state index contributed by atoms with van der Waals surface area (Å²) in [7, 11) is 0. The van der Waals surface area contributed by atoms with Crippen LogP contribution < -0.4 is 10.2 Å². The number of carbonyl (C=O) groups excluding carboxylic acids is 1. The third-order valence-electron chi connectivity index (χ3n) is 5.18. The van der Waals surface area contributed by atoms with Gasteiger partial charge in [-0.05, 0) is 43.7 Å². The zero-order chi connectivity index (χ0) is 18.5. The molecule has 0 radical (unpaired) electrons. The van der Waals surface area contributed by atoms with E-state index < -0.39 is 0 Å². The summed E-state index contributed by atoms with van der Waals surface area (Å²) < 4.78 is 2.31. The molecule has 2 aromatic rings. The van der Waals surface area contributed by atoms with Crippen molar-refractivity contribution in [1.29, 1.82) is 0 Å². The van der Waals surface area contributed by atoms with Gasteiger partial charge in [0.05, 0.1) is 17.0 Å². The second kappa shape index (κ2) is 8.56. The lowest BCUT2D eigenvalue weighted by molar-refractivity contribution is -0.125. The van der Waals surface area contributed by atoms with Gasteiger partial charge in [0.25, 0.3) is 0 Å². The summed E-state index contributed by atoms with van der Waals surface area (Å²) in [6.45, 7) is 10.0. The fraction of sp³-hybridized carbons (Fsp3) is 0.619. The van der Waals surface area contributed by atoms with Crippen LogP contribution in [0.2, 0.25) is 0 Å². The summed E-state index contributed by atoms with van der Waals surface area (Å²) in [4.78, 5) is 19.8. The molecule has 5 nitrogen and oxygen atoms in total. The molecule has 1 fully saturated rings. The Bertz CT molecular complexity index is 737. The molecule has 1 amide bonds. The van der Waals surface area contributed by atoms with Gasteiger partial charge in [0.2, 0.25) is 11.9 Å². The first kappa shape index (κ1) is 18.7. The molecule has 1 aliphatic heterocycles. The van der Waals surface area contributed by atoms with Gasteiger partial charge in [-0.25, -0.2) is 4.98 Å². The minimum Gasteiger partial charge on any atom is -0.356 e. The number of amides is 1. The first-order chi connectivity index (χ1) is 12.6. The van der Waals surface area contributed by atoms with Crippen molar-refractivity contribution in [3.05, 3.63) is 24.3 Å². The third-order valence-corrected chi connectivity index (χ3v) is 5.18. The van der Waals surface area contributed by atoms with Crippen LogP contribution in [0.1, 0.15) is 46.5 Å². The van der Waals surface area contributed by atoms with Gasteiger partial charge in [-0.1, -0.05) is 32.9 Å². The highest BCUT2D eigenvalue weighted by Gasteiger charge is 2.28.